The summed E-state index contributed by atoms with van der Waals surface area (Å²) >= 11 is 3.20. The number of rotatable bonds is 5. The fourth-order valence-electron chi connectivity index (χ4n) is 2.44. The van der Waals surface area contributed by atoms with Crippen LogP contribution in [0.15, 0.2) is 41.0 Å². The van der Waals surface area contributed by atoms with Crippen molar-refractivity contribution in [1.29, 1.82) is 0 Å². The molecular formula is C19H13BrF4N4O3. The van der Waals surface area contributed by atoms with Crippen molar-refractivity contribution in [3.05, 3.63) is 63.6 Å². The third-order valence-corrected chi connectivity index (χ3v) is 4.70. The molecule has 0 saturated carbocycles. The Morgan fingerprint density at radius 1 is 1.13 bits per heavy atom. The van der Waals surface area contributed by atoms with Gasteiger partial charge in [0.15, 0.2) is 5.69 Å². The van der Waals surface area contributed by atoms with Crippen molar-refractivity contribution in [2.45, 2.75) is 13.1 Å². The summed E-state index contributed by atoms with van der Waals surface area (Å²) in [6, 6.07) is 5.44. The third kappa shape index (κ3) is 5.08. The normalized spacial score (nSPS) is 11.2. The maximum Gasteiger partial charge on any atom is 0.435 e. The summed E-state index contributed by atoms with van der Waals surface area (Å²) in [5.41, 5.74) is -1.39. The summed E-state index contributed by atoms with van der Waals surface area (Å²) in [7, 11) is 1.36. The van der Waals surface area contributed by atoms with Crippen LogP contribution in [0.2, 0.25) is 0 Å². The number of hydrogen-bond acceptors (Lipinski definition) is 6. The number of amides is 1. The second-order valence-electron chi connectivity index (χ2n) is 6.09. The predicted octanol–water partition coefficient (Wildman–Crippen LogP) is 5.15. The standard InChI is InChI=1S/C19H13BrF4N4O3/c1-9-7-10(21)3-4-13(9)31-17-11(8-14(27-28-17)19(22,23)24)16(29)26-12-5-6-25-18(30-2)15(12)20/h3-8H,1-2H3,(H,25,26,29). The second-order valence-corrected chi connectivity index (χ2v) is 6.89. The van der Waals surface area contributed by atoms with E-state index in [-0.39, 0.29) is 21.8 Å². The van der Waals surface area contributed by atoms with Crippen LogP contribution in [0.5, 0.6) is 17.5 Å². The van der Waals surface area contributed by atoms with Gasteiger partial charge in [0.05, 0.1) is 12.8 Å². The molecule has 0 fully saturated rings. The van der Waals surface area contributed by atoms with Crippen molar-refractivity contribution in [1.82, 2.24) is 15.2 Å². The van der Waals surface area contributed by atoms with Gasteiger partial charge in [-0.15, -0.1) is 10.2 Å². The van der Waals surface area contributed by atoms with E-state index in [1.165, 1.54) is 32.4 Å². The summed E-state index contributed by atoms with van der Waals surface area (Å²) in [6.45, 7) is 1.52. The molecule has 1 aromatic carbocycles. The molecule has 0 spiro atoms. The van der Waals surface area contributed by atoms with Crippen LogP contribution in [-0.2, 0) is 6.18 Å². The van der Waals surface area contributed by atoms with Crippen molar-refractivity contribution in [3.63, 3.8) is 0 Å². The molecular weight excluding hydrogens is 488 g/mol. The van der Waals surface area contributed by atoms with E-state index in [9.17, 15) is 22.4 Å². The van der Waals surface area contributed by atoms with Crippen LogP contribution < -0.4 is 14.8 Å². The van der Waals surface area contributed by atoms with Gasteiger partial charge in [0.2, 0.25) is 5.88 Å². The van der Waals surface area contributed by atoms with E-state index < -0.39 is 35.0 Å². The smallest absolute Gasteiger partial charge is 0.435 e. The van der Waals surface area contributed by atoms with Crippen molar-refractivity contribution < 1.29 is 31.8 Å². The Bertz CT molecular complexity index is 1140. The highest BCUT2D eigenvalue weighted by atomic mass is 79.9. The summed E-state index contributed by atoms with van der Waals surface area (Å²) < 4.78 is 63.5. The molecule has 0 aliphatic rings. The molecule has 3 rings (SSSR count). The number of anilines is 1. The number of benzene rings is 1. The van der Waals surface area contributed by atoms with Gasteiger partial charge in [0, 0.05) is 6.20 Å². The van der Waals surface area contributed by atoms with Gasteiger partial charge in [-0.3, -0.25) is 4.79 Å². The molecule has 0 saturated heterocycles. The fourth-order valence-corrected chi connectivity index (χ4v) is 2.94. The van der Waals surface area contributed by atoms with E-state index in [1.54, 1.807) is 0 Å². The number of halogens is 5. The lowest BCUT2D eigenvalue weighted by molar-refractivity contribution is -0.141. The monoisotopic (exact) mass is 500 g/mol. The molecule has 162 valence electrons. The molecule has 0 aliphatic heterocycles. The van der Waals surface area contributed by atoms with Gasteiger partial charge in [-0.2, -0.15) is 13.2 Å². The molecule has 12 heteroatoms. The molecule has 1 amide bonds. The Kier molecular flexibility index (Phi) is 6.39. The first-order valence-electron chi connectivity index (χ1n) is 8.49. The third-order valence-electron chi connectivity index (χ3n) is 3.94. The largest absolute Gasteiger partial charge is 0.480 e. The van der Waals surface area contributed by atoms with Crippen LogP contribution in [0.4, 0.5) is 23.2 Å². The first-order valence-corrected chi connectivity index (χ1v) is 9.28. The molecule has 3 aromatic rings. The topological polar surface area (TPSA) is 86.2 Å². The van der Waals surface area contributed by atoms with Gasteiger partial charge in [-0.05, 0) is 58.7 Å². The van der Waals surface area contributed by atoms with E-state index in [4.69, 9.17) is 9.47 Å². The van der Waals surface area contributed by atoms with Crippen LogP contribution >= 0.6 is 15.9 Å². The average Bonchev–Trinajstić information content (AvgIpc) is 2.71. The van der Waals surface area contributed by atoms with Crippen molar-refractivity contribution >= 4 is 27.5 Å². The number of aryl methyl sites for hydroxylation is 1. The Labute approximate surface area is 181 Å². The van der Waals surface area contributed by atoms with Gasteiger partial charge >= 0.3 is 6.18 Å². The van der Waals surface area contributed by atoms with Crippen LogP contribution in [-0.4, -0.2) is 28.2 Å². The minimum absolute atomic E-state index is 0.0938. The zero-order valence-electron chi connectivity index (χ0n) is 15.9. The fraction of sp³-hybridized carbons (Fsp3) is 0.158. The SMILES string of the molecule is COc1nccc(NC(=O)c2cc(C(F)(F)F)nnc2Oc2ccc(F)cc2C)c1Br. The number of nitrogens with zero attached hydrogens (tertiary/aromatic N) is 3. The van der Waals surface area contributed by atoms with Crippen LogP contribution in [0.25, 0.3) is 0 Å². The Morgan fingerprint density at radius 2 is 1.87 bits per heavy atom. The molecule has 31 heavy (non-hydrogen) atoms. The lowest BCUT2D eigenvalue weighted by atomic mass is 10.2. The molecule has 7 nitrogen and oxygen atoms in total. The molecule has 0 radical (unpaired) electrons. The second kappa shape index (κ2) is 8.84. The number of nitrogens with one attached hydrogen (secondary N) is 1. The molecule has 2 aromatic heterocycles. The van der Waals surface area contributed by atoms with Gasteiger partial charge < -0.3 is 14.8 Å². The number of alkyl halides is 3. The number of hydrogen-bond donors (Lipinski definition) is 1. The van der Waals surface area contributed by atoms with Crippen LogP contribution in [0.3, 0.4) is 0 Å². The lowest BCUT2D eigenvalue weighted by Crippen LogP contribution is -2.18. The first-order chi connectivity index (χ1) is 14.6. The summed E-state index contributed by atoms with van der Waals surface area (Å²) in [5, 5.41) is 8.97. The number of methoxy groups -OCH3 is 1. The summed E-state index contributed by atoms with van der Waals surface area (Å²) in [4.78, 5) is 16.8. The minimum Gasteiger partial charge on any atom is -0.480 e. The Hall–Kier alpha value is -3.28. The molecule has 1 N–H and O–H groups in total. The minimum atomic E-state index is -4.84. The molecule has 0 bridgehead atoms. The number of ether oxygens (including phenoxy) is 2. The zero-order chi connectivity index (χ0) is 22.8. The highest BCUT2D eigenvalue weighted by Crippen LogP contribution is 2.34. The zero-order valence-corrected chi connectivity index (χ0v) is 17.5. The first kappa shape index (κ1) is 22.4. The van der Waals surface area contributed by atoms with Crippen LogP contribution in [0.1, 0.15) is 21.6 Å². The predicted molar refractivity (Wildman–Crippen MR) is 105 cm³/mol. The summed E-state index contributed by atoms with van der Waals surface area (Å²) in [6.07, 6.45) is -3.50. The number of carbonyl (C=O) groups excluding carboxylic acids is 1. The number of aromatic nitrogens is 3. The maximum absolute atomic E-state index is 13.3. The highest BCUT2D eigenvalue weighted by Gasteiger charge is 2.35. The quantitative estimate of drug-likeness (QED) is 0.487. The van der Waals surface area contributed by atoms with Crippen molar-refractivity contribution in [2.24, 2.45) is 0 Å². The molecule has 0 atom stereocenters. The van der Waals surface area contributed by atoms with Gasteiger partial charge in [-0.1, -0.05) is 0 Å². The molecule has 0 aliphatic carbocycles. The van der Waals surface area contributed by atoms with Crippen molar-refractivity contribution in [3.8, 4) is 17.5 Å². The van der Waals surface area contributed by atoms with E-state index in [0.29, 0.717) is 11.6 Å². The number of carbonyl (C=O) groups is 1. The van der Waals surface area contributed by atoms with Gasteiger partial charge in [-0.25, -0.2) is 9.37 Å². The lowest BCUT2D eigenvalue weighted by Gasteiger charge is -2.14. The molecule has 0 unspecified atom stereocenters. The van der Waals surface area contributed by atoms with E-state index in [0.717, 1.165) is 12.1 Å². The Morgan fingerprint density at radius 3 is 2.52 bits per heavy atom. The Balaban J connectivity index is 2.02. The summed E-state index contributed by atoms with van der Waals surface area (Å²) in [5.74, 6) is -1.73. The van der Waals surface area contributed by atoms with Crippen molar-refractivity contribution in [2.75, 3.05) is 12.4 Å². The maximum atomic E-state index is 13.3. The number of pyridine rings is 1. The van der Waals surface area contributed by atoms with E-state index >= 15 is 0 Å². The van der Waals surface area contributed by atoms with Gasteiger partial charge in [0.1, 0.15) is 21.6 Å². The van der Waals surface area contributed by atoms with E-state index in [2.05, 4.69) is 36.4 Å². The molecule has 2 heterocycles. The van der Waals surface area contributed by atoms with Crippen LogP contribution in [0, 0.1) is 12.7 Å². The average molecular weight is 501 g/mol. The van der Waals surface area contributed by atoms with Gasteiger partial charge in [0.25, 0.3) is 11.8 Å². The highest BCUT2D eigenvalue weighted by molar-refractivity contribution is 9.10. The van der Waals surface area contributed by atoms with E-state index in [1.807, 2.05) is 0 Å².